The van der Waals surface area contributed by atoms with E-state index in [1.54, 1.807) is 24.3 Å². The third-order valence-corrected chi connectivity index (χ3v) is 2.08. The predicted octanol–water partition coefficient (Wildman–Crippen LogP) is 1.51. The lowest BCUT2D eigenvalue weighted by Gasteiger charge is -1.93. The summed E-state index contributed by atoms with van der Waals surface area (Å²) in [7, 11) is 0. The number of rotatable bonds is 2. The summed E-state index contributed by atoms with van der Waals surface area (Å²) in [6.07, 6.45) is 0. The van der Waals surface area contributed by atoms with Crippen LogP contribution >= 0.6 is 11.6 Å². The molecular weight excluding hydrogens is 234 g/mol. The molecule has 2 rings (SSSR count). The third-order valence-electron chi connectivity index (χ3n) is 1.82. The van der Waals surface area contributed by atoms with E-state index in [-0.39, 0.29) is 11.7 Å². The lowest BCUT2D eigenvalue weighted by Crippen LogP contribution is -2.18. The van der Waals surface area contributed by atoms with Crippen LogP contribution in [0.2, 0.25) is 5.02 Å². The SMILES string of the molecule is O=C(NO)c1nc(-c2ccc(Cl)cc2)no1. The van der Waals surface area contributed by atoms with Gasteiger partial charge in [-0.3, -0.25) is 10.0 Å². The summed E-state index contributed by atoms with van der Waals surface area (Å²) < 4.78 is 4.64. The Labute approximate surface area is 94.8 Å². The molecule has 0 aliphatic rings. The lowest BCUT2D eigenvalue weighted by molar-refractivity contribution is 0.0659. The quantitative estimate of drug-likeness (QED) is 0.613. The van der Waals surface area contributed by atoms with Crippen molar-refractivity contribution in [1.29, 1.82) is 0 Å². The Morgan fingerprint density at radius 2 is 2.06 bits per heavy atom. The number of aromatic nitrogens is 2. The summed E-state index contributed by atoms with van der Waals surface area (Å²) >= 11 is 5.72. The van der Waals surface area contributed by atoms with Crippen LogP contribution in [0.3, 0.4) is 0 Å². The topological polar surface area (TPSA) is 88.2 Å². The smallest absolute Gasteiger partial charge is 0.328 e. The monoisotopic (exact) mass is 239 g/mol. The second kappa shape index (κ2) is 4.30. The van der Waals surface area contributed by atoms with Crippen molar-refractivity contribution < 1.29 is 14.5 Å². The van der Waals surface area contributed by atoms with E-state index in [4.69, 9.17) is 16.8 Å². The highest BCUT2D eigenvalue weighted by molar-refractivity contribution is 6.30. The van der Waals surface area contributed by atoms with Gasteiger partial charge in [-0.05, 0) is 24.3 Å². The first-order chi connectivity index (χ1) is 7.70. The van der Waals surface area contributed by atoms with E-state index in [0.29, 0.717) is 10.6 Å². The molecule has 1 amide bonds. The molecule has 0 aliphatic carbocycles. The second-order valence-electron chi connectivity index (χ2n) is 2.87. The fourth-order valence-corrected chi connectivity index (χ4v) is 1.21. The van der Waals surface area contributed by atoms with E-state index in [1.807, 2.05) is 0 Å². The number of amides is 1. The molecule has 0 spiro atoms. The van der Waals surface area contributed by atoms with Crippen molar-refractivity contribution in [3.63, 3.8) is 0 Å². The van der Waals surface area contributed by atoms with E-state index in [2.05, 4.69) is 14.7 Å². The van der Waals surface area contributed by atoms with Gasteiger partial charge in [0.05, 0.1) is 0 Å². The minimum Gasteiger partial charge on any atom is -0.328 e. The highest BCUT2D eigenvalue weighted by Gasteiger charge is 2.14. The minimum absolute atomic E-state index is 0.246. The average molecular weight is 240 g/mol. The largest absolute Gasteiger partial charge is 0.333 e. The number of benzene rings is 1. The molecule has 0 unspecified atom stereocenters. The zero-order valence-electron chi connectivity index (χ0n) is 7.85. The maximum absolute atomic E-state index is 10.9. The van der Waals surface area contributed by atoms with Crippen molar-refractivity contribution in [2.75, 3.05) is 0 Å². The number of hydroxylamine groups is 1. The van der Waals surface area contributed by atoms with E-state index in [1.165, 1.54) is 5.48 Å². The van der Waals surface area contributed by atoms with Gasteiger partial charge in [-0.25, -0.2) is 5.48 Å². The summed E-state index contributed by atoms with van der Waals surface area (Å²) in [5, 5.41) is 12.5. The third kappa shape index (κ3) is 2.02. The zero-order valence-corrected chi connectivity index (χ0v) is 8.60. The molecule has 0 atom stereocenters. The summed E-state index contributed by atoms with van der Waals surface area (Å²) in [6.45, 7) is 0. The van der Waals surface area contributed by atoms with E-state index in [9.17, 15) is 4.79 Å². The van der Waals surface area contributed by atoms with Crippen LogP contribution < -0.4 is 5.48 Å². The maximum atomic E-state index is 10.9. The molecule has 0 saturated heterocycles. The summed E-state index contributed by atoms with van der Waals surface area (Å²) in [4.78, 5) is 14.7. The molecule has 82 valence electrons. The first-order valence-corrected chi connectivity index (χ1v) is 4.62. The molecule has 1 heterocycles. The van der Waals surface area contributed by atoms with Gasteiger partial charge in [-0.15, -0.1) is 0 Å². The number of carbonyl (C=O) groups is 1. The first kappa shape index (κ1) is 10.6. The number of hydrogen-bond donors (Lipinski definition) is 2. The Morgan fingerprint density at radius 3 is 2.69 bits per heavy atom. The van der Waals surface area contributed by atoms with Gasteiger partial charge in [0.1, 0.15) is 0 Å². The number of nitrogens with zero attached hydrogens (tertiary/aromatic N) is 2. The number of carbonyl (C=O) groups excluding carboxylic acids is 1. The highest BCUT2D eigenvalue weighted by atomic mass is 35.5. The van der Waals surface area contributed by atoms with Gasteiger partial charge in [-0.2, -0.15) is 4.98 Å². The molecule has 1 aromatic heterocycles. The molecule has 6 nitrogen and oxygen atoms in total. The molecular formula is C9H6ClN3O3. The average Bonchev–Trinajstić information content (AvgIpc) is 2.78. The molecule has 0 radical (unpaired) electrons. The van der Waals surface area contributed by atoms with E-state index in [0.717, 1.165) is 0 Å². The van der Waals surface area contributed by atoms with Crippen molar-refractivity contribution >= 4 is 17.5 Å². The Bertz CT molecular complexity index is 509. The van der Waals surface area contributed by atoms with Crippen LogP contribution in [-0.2, 0) is 0 Å². The lowest BCUT2D eigenvalue weighted by atomic mass is 10.2. The van der Waals surface area contributed by atoms with Crippen molar-refractivity contribution in [1.82, 2.24) is 15.6 Å². The normalized spacial score (nSPS) is 10.1. The van der Waals surface area contributed by atoms with Gasteiger partial charge in [0.2, 0.25) is 5.82 Å². The van der Waals surface area contributed by atoms with Gasteiger partial charge in [-0.1, -0.05) is 16.8 Å². The standard InChI is InChI=1S/C9H6ClN3O3/c10-6-3-1-5(2-4-6)7-11-9(16-13-7)8(14)12-15/h1-4,15H,(H,12,14). The van der Waals surface area contributed by atoms with Crippen LogP contribution in [0.25, 0.3) is 11.4 Å². The minimum atomic E-state index is -0.854. The first-order valence-electron chi connectivity index (χ1n) is 4.25. The van der Waals surface area contributed by atoms with Crippen LogP contribution in [-0.4, -0.2) is 21.3 Å². The molecule has 0 aliphatic heterocycles. The van der Waals surface area contributed by atoms with Gasteiger partial charge in [0.15, 0.2) is 0 Å². The van der Waals surface area contributed by atoms with Crippen molar-refractivity contribution in [3.05, 3.63) is 35.2 Å². The fraction of sp³-hybridized carbons (Fsp3) is 0. The summed E-state index contributed by atoms with van der Waals surface area (Å²) in [6, 6.07) is 6.71. The maximum Gasteiger partial charge on any atom is 0.333 e. The molecule has 1 aromatic carbocycles. The van der Waals surface area contributed by atoms with Gasteiger partial charge in [0, 0.05) is 10.6 Å². The van der Waals surface area contributed by atoms with E-state index < -0.39 is 5.91 Å². The van der Waals surface area contributed by atoms with Crippen LogP contribution in [0.15, 0.2) is 28.8 Å². The van der Waals surface area contributed by atoms with Crippen LogP contribution in [0, 0.1) is 0 Å². The van der Waals surface area contributed by atoms with E-state index >= 15 is 0 Å². The molecule has 2 aromatic rings. The summed E-state index contributed by atoms with van der Waals surface area (Å²) in [5.41, 5.74) is 2.06. The Morgan fingerprint density at radius 1 is 1.38 bits per heavy atom. The van der Waals surface area contributed by atoms with Crippen molar-refractivity contribution in [3.8, 4) is 11.4 Å². The predicted molar refractivity (Wildman–Crippen MR) is 54.0 cm³/mol. The second-order valence-corrected chi connectivity index (χ2v) is 3.31. The Kier molecular flexibility index (Phi) is 2.84. The van der Waals surface area contributed by atoms with Crippen LogP contribution in [0.1, 0.15) is 10.7 Å². The molecule has 7 heteroatoms. The fourth-order valence-electron chi connectivity index (χ4n) is 1.08. The zero-order chi connectivity index (χ0) is 11.5. The van der Waals surface area contributed by atoms with Crippen molar-refractivity contribution in [2.45, 2.75) is 0 Å². The number of nitrogens with one attached hydrogen (secondary N) is 1. The molecule has 0 fully saturated rings. The molecule has 0 saturated carbocycles. The highest BCUT2D eigenvalue weighted by Crippen LogP contribution is 2.18. The van der Waals surface area contributed by atoms with Gasteiger partial charge >= 0.3 is 11.8 Å². The van der Waals surface area contributed by atoms with Crippen LogP contribution in [0.4, 0.5) is 0 Å². The molecule has 2 N–H and O–H groups in total. The molecule has 0 bridgehead atoms. The van der Waals surface area contributed by atoms with Gasteiger partial charge < -0.3 is 4.52 Å². The Hall–Kier alpha value is -1.92. The van der Waals surface area contributed by atoms with Crippen molar-refractivity contribution in [2.24, 2.45) is 0 Å². The number of halogens is 1. The Balaban J connectivity index is 2.31. The van der Waals surface area contributed by atoms with Gasteiger partial charge in [0.25, 0.3) is 0 Å². The molecule has 16 heavy (non-hydrogen) atoms. The number of hydrogen-bond acceptors (Lipinski definition) is 5. The summed E-state index contributed by atoms with van der Waals surface area (Å²) in [5.74, 6) is -0.921. The van der Waals surface area contributed by atoms with Crippen LogP contribution in [0.5, 0.6) is 0 Å².